The third kappa shape index (κ3) is 6.11. The summed E-state index contributed by atoms with van der Waals surface area (Å²) in [7, 11) is 0. The van der Waals surface area contributed by atoms with Crippen molar-refractivity contribution in [3.8, 4) is 0 Å². The molecule has 2 saturated heterocycles. The van der Waals surface area contributed by atoms with Gasteiger partial charge in [-0.25, -0.2) is 4.79 Å². The normalized spacial score (nSPS) is 40.6. The Bertz CT molecular complexity index is 1150. The number of rotatable bonds is 9. The van der Waals surface area contributed by atoms with E-state index in [0.29, 0.717) is 38.1 Å². The Morgan fingerprint density at radius 3 is 2.47 bits per heavy atom. The number of hydrogen-bond donors (Lipinski definition) is 2. The third-order valence-electron chi connectivity index (χ3n) is 12.8. The van der Waals surface area contributed by atoms with Gasteiger partial charge in [0.2, 0.25) is 0 Å². The molecule has 0 spiro atoms. The third-order valence-corrected chi connectivity index (χ3v) is 12.8. The van der Waals surface area contributed by atoms with Gasteiger partial charge in [0.25, 0.3) is 0 Å². The molecule has 9 nitrogen and oxygen atoms in total. The van der Waals surface area contributed by atoms with Gasteiger partial charge in [-0.2, -0.15) is 0 Å². The maximum absolute atomic E-state index is 14.0. The number of allylic oxidation sites excluding steroid dienone is 1. The maximum Gasteiger partial charge on any atom is 0.506 e. The number of carbonyl (C=O) groups is 3. The van der Waals surface area contributed by atoms with Crippen LogP contribution < -0.4 is 0 Å². The SMILES string of the molecule is CC(C)CC1CCC2C3CCC4C5COC[C@@]4(C[C@@H](OC(=O)O)[C@@H]5OCC(C(C)C)N4CCCCC4)C3=CC(=O)C2[C@@H]1C(=O)O. The predicted molar refractivity (Wildman–Crippen MR) is 168 cm³/mol. The van der Waals surface area contributed by atoms with Crippen LogP contribution in [0.4, 0.5) is 4.79 Å². The van der Waals surface area contributed by atoms with Crippen molar-refractivity contribution in [3.63, 3.8) is 0 Å². The molecule has 2 aliphatic heterocycles. The maximum atomic E-state index is 14.0. The van der Waals surface area contributed by atoms with Crippen molar-refractivity contribution in [2.45, 2.75) is 104 Å². The van der Waals surface area contributed by atoms with Crippen molar-refractivity contribution in [3.05, 3.63) is 11.6 Å². The van der Waals surface area contributed by atoms with Crippen LogP contribution in [-0.2, 0) is 23.8 Å². The van der Waals surface area contributed by atoms with E-state index in [1.165, 1.54) is 19.3 Å². The Hall–Kier alpha value is -1.97. The summed E-state index contributed by atoms with van der Waals surface area (Å²) in [4.78, 5) is 41.3. The lowest BCUT2D eigenvalue weighted by Crippen LogP contribution is -2.64. The summed E-state index contributed by atoms with van der Waals surface area (Å²) in [5.41, 5.74) is 0.580. The molecule has 0 radical (unpaired) electrons. The fourth-order valence-electron chi connectivity index (χ4n) is 11.1. The van der Waals surface area contributed by atoms with E-state index in [4.69, 9.17) is 14.2 Å². The fourth-order valence-corrected chi connectivity index (χ4v) is 11.1. The van der Waals surface area contributed by atoms with Crippen LogP contribution >= 0.6 is 0 Å². The Morgan fingerprint density at radius 2 is 1.80 bits per heavy atom. The number of fused-ring (bicyclic) bond motifs is 3. The standard InChI is InChI=1S/C36H55NO8/c1-20(2)14-22-8-9-24-23-10-11-26-25-17-43-19-36(26,27(23)15-29(38)32(24)31(22)34(39)40)16-30(45-35(41)42)33(25)44-18-28(21(3)4)37-12-6-5-7-13-37/h15,20-26,28,30-33H,5-14,16-19H2,1-4H3,(H,39,40)(H,41,42)/t22?,23?,24?,25?,26?,28?,30-,31-,32?,33-,36-/m1/s1. The molecule has 0 aromatic heterocycles. The van der Waals surface area contributed by atoms with Crippen molar-refractivity contribution in [1.82, 2.24) is 4.90 Å². The molecule has 45 heavy (non-hydrogen) atoms. The fraction of sp³-hybridized carbons (Fsp3) is 0.861. The predicted octanol–water partition coefficient (Wildman–Crippen LogP) is 5.91. The van der Waals surface area contributed by atoms with E-state index in [2.05, 4.69) is 32.6 Å². The van der Waals surface area contributed by atoms with E-state index in [1.807, 2.05) is 0 Å². The van der Waals surface area contributed by atoms with E-state index < -0.39 is 41.6 Å². The number of likely N-dealkylation sites (tertiary alicyclic amines) is 1. The van der Waals surface area contributed by atoms with Gasteiger partial charge in [-0.1, -0.05) is 39.7 Å². The number of nitrogens with zero attached hydrogens (tertiary/aromatic N) is 1. The molecule has 2 N–H and O–H groups in total. The molecule has 9 heteroatoms. The van der Waals surface area contributed by atoms with Gasteiger partial charge in [0.15, 0.2) is 5.78 Å². The lowest BCUT2D eigenvalue weighted by molar-refractivity contribution is -0.221. The largest absolute Gasteiger partial charge is 0.506 e. The highest BCUT2D eigenvalue weighted by Gasteiger charge is 2.64. The zero-order chi connectivity index (χ0) is 32.0. The highest BCUT2D eigenvalue weighted by Crippen LogP contribution is 2.64. The minimum absolute atomic E-state index is 0.00173. The van der Waals surface area contributed by atoms with Gasteiger partial charge in [0.1, 0.15) is 6.10 Å². The lowest BCUT2D eigenvalue weighted by atomic mass is 9.45. The second-order valence-corrected chi connectivity index (χ2v) is 16.0. The Kier molecular flexibility index (Phi) is 9.71. The summed E-state index contributed by atoms with van der Waals surface area (Å²) in [6.45, 7) is 12.3. The molecule has 5 fully saturated rings. The number of carbonyl (C=O) groups excluding carboxylic acids is 1. The molecule has 2 heterocycles. The molecule has 6 aliphatic rings. The molecule has 3 saturated carbocycles. The van der Waals surface area contributed by atoms with Gasteiger partial charge in [0.05, 0.1) is 31.8 Å². The van der Waals surface area contributed by atoms with Crippen molar-refractivity contribution >= 4 is 17.9 Å². The van der Waals surface area contributed by atoms with E-state index in [-0.39, 0.29) is 41.4 Å². The first-order chi connectivity index (χ1) is 21.5. The van der Waals surface area contributed by atoms with Crippen LogP contribution in [0, 0.1) is 58.7 Å². The number of ketones is 1. The van der Waals surface area contributed by atoms with Crippen LogP contribution in [0.2, 0.25) is 0 Å². The quantitative estimate of drug-likeness (QED) is 0.300. The van der Waals surface area contributed by atoms with Gasteiger partial charge in [0, 0.05) is 23.3 Å². The van der Waals surface area contributed by atoms with E-state index >= 15 is 0 Å². The van der Waals surface area contributed by atoms with Gasteiger partial charge >= 0.3 is 12.1 Å². The first kappa shape index (κ1) is 33.0. The topological polar surface area (TPSA) is 123 Å². The van der Waals surface area contributed by atoms with E-state index in [1.54, 1.807) is 6.08 Å². The van der Waals surface area contributed by atoms with Crippen LogP contribution in [0.25, 0.3) is 0 Å². The molecule has 0 aromatic carbocycles. The Labute approximate surface area is 268 Å². The second-order valence-electron chi connectivity index (χ2n) is 16.0. The first-order valence-corrected chi connectivity index (χ1v) is 17.8. The molecular weight excluding hydrogens is 574 g/mol. The van der Waals surface area contributed by atoms with Crippen molar-refractivity contribution < 1.29 is 38.8 Å². The van der Waals surface area contributed by atoms with Crippen LogP contribution in [0.15, 0.2) is 11.6 Å². The number of carboxylic acids is 1. The number of piperidine rings is 1. The molecule has 2 bridgehead atoms. The Balaban J connectivity index is 1.29. The summed E-state index contributed by atoms with van der Waals surface area (Å²) in [6.07, 6.45) is 7.91. The lowest BCUT2D eigenvalue weighted by Gasteiger charge is -2.63. The first-order valence-electron chi connectivity index (χ1n) is 17.8. The summed E-state index contributed by atoms with van der Waals surface area (Å²) in [5.74, 6) is -0.959. The van der Waals surface area contributed by atoms with Crippen molar-refractivity contribution in [2.75, 3.05) is 32.9 Å². The summed E-state index contributed by atoms with van der Waals surface area (Å²) in [6, 6.07) is 0.256. The highest BCUT2D eigenvalue weighted by molar-refractivity contribution is 5.97. The summed E-state index contributed by atoms with van der Waals surface area (Å²) in [5, 5.41) is 20.2. The minimum Gasteiger partial charge on any atom is -0.481 e. The molecular formula is C36H55NO8. The van der Waals surface area contributed by atoms with Crippen LogP contribution in [0.3, 0.4) is 0 Å². The summed E-state index contributed by atoms with van der Waals surface area (Å²) < 4.78 is 18.8. The molecule has 4 aliphatic carbocycles. The highest BCUT2D eigenvalue weighted by atomic mass is 16.7. The van der Waals surface area contributed by atoms with Crippen molar-refractivity contribution in [2.24, 2.45) is 58.7 Å². The average Bonchev–Trinajstić information content (AvgIpc) is 2.98. The number of carboxylic acid groups (broad SMARTS) is 2. The summed E-state index contributed by atoms with van der Waals surface area (Å²) >= 11 is 0. The molecule has 6 rings (SSSR count). The van der Waals surface area contributed by atoms with Crippen LogP contribution in [-0.4, -0.2) is 84.2 Å². The Morgan fingerprint density at radius 1 is 1.04 bits per heavy atom. The smallest absolute Gasteiger partial charge is 0.481 e. The van der Waals surface area contributed by atoms with Crippen LogP contribution in [0.1, 0.15) is 85.5 Å². The monoisotopic (exact) mass is 629 g/mol. The zero-order valence-corrected chi connectivity index (χ0v) is 27.7. The van der Waals surface area contributed by atoms with E-state index in [0.717, 1.165) is 50.8 Å². The van der Waals surface area contributed by atoms with E-state index in [9.17, 15) is 24.6 Å². The zero-order valence-electron chi connectivity index (χ0n) is 27.7. The molecule has 7 unspecified atom stereocenters. The second kappa shape index (κ2) is 13.3. The molecule has 0 aromatic rings. The number of hydrogen-bond acceptors (Lipinski definition) is 7. The number of aliphatic carboxylic acids is 1. The van der Waals surface area contributed by atoms with Gasteiger partial charge in [-0.3, -0.25) is 14.5 Å². The molecule has 0 amide bonds. The molecule has 11 atom stereocenters. The number of ether oxygens (including phenoxy) is 3. The average molecular weight is 630 g/mol. The van der Waals surface area contributed by atoms with Gasteiger partial charge in [-0.05, 0) is 106 Å². The minimum atomic E-state index is -1.30. The van der Waals surface area contributed by atoms with Gasteiger partial charge < -0.3 is 24.4 Å². The molecule has 252 valence electrons. The van der Waals surface area contributed by atoms with Crippen LogP contribution in [0.5, 0.6) is 0 Å². The van der Waals surface area contributed by atoms with Crippen molar-refractivity contribution in [1.29, 1.82) is 0 Å². The van der Waals surface area contributed by atoms with Gasteiger partial charge in [-0.15, -0.1) is 0 Å².